The number of aromatic nitrogens is 2. The molecule has 2 fully saturated rings. The maximum Gasteiger partial charge on any atom is 0.254 e. The van der Waals surface area contributed by atoms with E-state index in [1.165, 1.54) is 13.2 Å². The Hall–Kier alpha value is -2.76. The molecule has 3 heterocycles. The number of amides is 1. The second kappa shape index (κ2) is 8.30. The molecule has 9 nitrogen and oxygen atoms in total. The molecule has 1 amide bonds. The average Bonchev–Trinajstić information content (AvgIpc) is 3.51. The van der Waals surface area contributed by atoms with Gasteiger partial charge in [-0.15, -0.1) is 0 Å². The highest BCUT2D eigenvalue weighted by Crippen LogP contribution is 2.30. The van der Waals surface area contributed by atoms with Crippen LogP contribution in [0.15, 0.2) is 41.4 Å². The molecule has 0 spiro atoms. The topological polar surface area (TPSA) is 105 Å². The minimum Gasteiger partial charge on any atom is -0.495 e. The molecule has 3 aromatic rings. The Bertz CT molecular complexity index is 1230. The van der Waals surface area contributed by atoms with Crippen LogP contribution in [0.25, 0.3) is 10.3 Å². The van der Waals surface area contributed by atoms with E-state index in [1.54, 1.807) is 34.6 Å². The van der Waals surface area contributed by atoms with Gasteiger partial charge in [0.05, 0.1) is 7.11 Å². The van der Waals surface area contributed by atoms with Gasteiger partial charge in [-0.2, -0.15) is 0 Å². The first-order chi connectivity index (χ1) is 15.4. The van der Waals surface area contributed by atoms with Gasteiger partial charge in [-0.1, -0.05) is 11.3 Å². The number of fused-ring (bicyclic) bond motifs is 1. The van der Waals surface area contributed by atoms with Crippen LogP contribution in [0.1, 0.15) is 23.2 Å². The Labute approximate surface area is 190 Å². The van der Waals surface area contributed by atoms with Crippen molar-refractivity contribution in [2.75, 3.05) is 38.2 Å². The maximum atomic E-state index is 13.1. The van der Waals surface area contributed by atoms with Gasteiger partial charge in [0.25, 0.3) is 5.91 Å². The number of sulfonamides is 1. The molecular formula is C21H23N5O4S2. The second-order valence-electron chi connectivity index (χ2n) is 7.86. The highest BCUT2D eigenvalue weighted by molar-refractivity contribution is 7.89. The lowest BCUT2D eigenvalue weighted by Gasteiger charge is -2.34. The number of carbonyl (C=O) groups excluding carboxylic acids is 1. The largest absolute Gasteiger partial charge is 0.495 e. The SMILES string of the molecule is COc1ccc(C(=O)N2CCN(c3nc4cccnc4s3)CC2)cc1S(=O)(=O)NC1CC1. The van der Waals surface area contributed by atoms with Gasteiger partial charge in [0.1, 0.15) is 21.0 Å². The second-order valence-corrected chi connectivity index (χ2v) is 10.5. The monoisotopic (exact) mass is 473 g/mol. The molecule has 5 rings (SSSR count). The van der Waals surface area contributed by atoms with Crippen LogP contribution < -0.4 is 14.4 Å². The van der Waals surface area contributed by atoms with Crippen molar-refractivity contribution < 1.29 is 17.9 Å². The lowest BCUT2D eigenvalue weighted by molar-refractivity contribution is 0.0746. The Morgan fingerprint density at radius 1 is 1.19 bits per heavy atom. The van der Waals surface area contributed by atoms with Crippen LogP contribution in [0.4, 0.5) is 5.13 Å². The van der Waals surface area contributed by atoms with Gasteiger partial charge in [-0.3, -0.25) is 4.79 Å². The molecule has 1 N–H and O–H groups in total. The van der Waals surface area contributed by atoms with Crippen molar-refractivity contribution in [1.82, 2.24) is 19.6 Å². The summed E-state index contributed by atoms with van der Waals surface area (Å²) in [6.07, 6.45) is 3.41. The van der Waals surface area contributed by atoms with Crippen molar-refractivity contribution in [2.24, 2.45) is 0 Å². The van der Waals surface area contributed by atoms with Gasteiger partial charge < -0.3 is 14.5 Å². The van der Waals surface area contributed by atoms with E-state index in [0.717, 1.165) is 28.3 Å². The zero-order valence-corrected chi connectivity index (χ0v) is 19.2. The van der Waals surface area contributed by atoms with Gasteiger partial charge >= 0.3 is 0 Å². The molecular weight excluding hydrogens is 450 g/mol. The fourth-order valence-electron chi connectivity index (χ4n) is 3.68. The number of benzene rings is 1. The number of piperazine rings is 1. The summed E-state index contributed by atoms with van der Waals surface area (Å²) in [5.74, 6) is 0.0325. The zero-order chi connectivity index (χ0) is 22.3. The van der Waals surface area contributed by atoms with Crippen LogP contribution in [0.3, 0.4) is 0 Å². The predicted octanol–water partition coefficient (Wildman–Crippen LogP) is 2.10. The van der Waals surface area contributed by atoms with Crippen LogP contribution in [-0.2, 0) is 10.0 Å². The van der Waals surface area contributed by atoms with Crippen molar-refractivity contribution >= 4 is 42.7 Å². The summed E-state index contributed by atoms with van der Waals surface area (Å²) in [7, 11) is -2.33. The molecule has 0 radical (unpaired) electrons. The van der Waals surface area contributed by atoms with E-state index in [2.05, 4.69) is 19.6 Å². The van der Waals surface area contributed by atoms with Gasteiger partial charge in [0.2, 0.25) is 10.0 Å². The van der Waals surface area contributed by atoms with Crippen molar-refractivity contribution in [3.8, 4) is 5.75 Å². The third kappa shape index (κ3) is 4.15. The van der Waals surface area contributed by atoms with E-state index < -0.39 is 10.0 Å². The Kier molecular flexibility index (Phi) is 5.48. The van der Waals surface area contributed by atoms with Gasteiger partial charge in [-0.05, 0) is 43.2 Å². The third-order valence-corrected chi connectivity index (χ3v) is 8.17. The lowest BCUT2D eigenvalue weighted by atomic mass is 10.1. The van der Waals surface area contributed by atoms with E-state index in [1.807, 2.05) is 12.1 Å². The van der Waals surface area contributed by atoms with Crippen LogP contribution in [0.5, 0.6) is 5.75 Å². The molecule has 1 aliphatic heterocycles. The molecule has 32 heavy (non-hydrogen) atoms. The summed E-state index contributed by atoms with van der Waals surface area (Å²) >= 11 is 1.54. The van der Waals surface area contributed by atoms with Crippen molar-refractivity contribution in [3.05, 3.63) is 42.1 Å². The summed E-state index contributed by atoms with van der Waals surface area (Å²) in [6, 6.07) is 8.34. The molecule has 0 atom stereocenters. The molecule has 168 valence electrons. The number of hydrogen-bond acceptors (Lipinski definition) is 8. The number of methoxy groups -OCH3 is 1. The van der Waals surface area contributed by atoms with Crippen molar-refractivity contribution in [2.45, 2.75) is 23.8 Å². The first-order valence-corrected chi connectivity index (χ1v) is 12.7. The Morgan fingerprint density at radius 3 is 2.66 bits per heavy atom. The number of rotatable bonds is 6. The number of carbonyl (C=O) groups is 1. The van der Waals surface area contributed by atoms with Crippen LogP contribution in [0.2, 0.25) is 0 Å². The van der Waals surface area contributed by atoms with E-state index in [9.17, 15) is 13.2 Å². The lowest BCUT2D eigenvalue weighted by Crippen LogP contribution is -2.48. The normalized spacial score (nSPS) is 17.0. The van der Waals surface area contributed by atoms with Crippen molar-refractivity contribution in [1.29, 1.82) is 0 Å². The fraction of sp³-hybridized carbons (Fsp3) is 0.381. The summed E-state index contributed by atoms with van der Waals surface area (Å²) in [4.78, 5) is 26.9. The summed E-state index contributed by atoms with van der Waals surface area (Å²) < 4.78 is 33.4. The smallest absolute Gasteiger partial charge is 0.254 e. The number of pyridine rings is 1. The quantitative estimate of drug-likeness (QED) is 0.585. The van der Waals surface area contributed by atoms with Crippen molar-refractivity contribution in [3.63, 3.8) is 0 Å². The number of thiazole rings is 1. The van der Waals surface area contributed by atoms with E-state index in [0.29, 0.717) is 31.7 Å². The molecule has 1 aliphatic carbocycles. The van der Waals surface area contributed by atoms with E-state index >= 15 is 0 Å². The van der Waals surface area contributed by atoms with Crippen LogP contribution in [-0.4, -0.2) is 68.5 Å². The number of anilines is 1. The predicted molar refractivity (Wildman–Crippen MR) is 122 cm³/mol. The summed E-state index contributed by atoms with van der Waals surface area (Å²) in [6.45, 7) is 2.35. The summed E-state index contributed by atoms with van der Waals surface area (Å²) in [5, 5.41) is 0.898. The molecule has 1 aromatic carbocycles. The third-order valence-electron chi connectivity index (χ3n) is 5.59. The molecule has 2 aliphatic rings. The molecule has 2 aromatic heterocycles. The molecule has 11 heteroatoms. The van der Waals surface area contributed by atoms with Gasteiger partial charge in [0.15, 0.2) is 5.13 Å². The van der Waals surface area contributed by atoms with E-state index in [4.69, 9.17) is 4.74 Å². The number of ether oxygens (including phenoxy) is 1. The minimum absolute atomic E-state index is 0.00152. The van der Waals surface area contributed by atoms with Crippen LogP contribution >= 0.6 is 11.3 Å². The number of hydrogen-bond donors (Lipinski definition) is 1. The van der Waals surface area contributed by atoms with Gasteiger partial charge in [-0.25, -0.2) is 23.1 Å². The molecule has 1 saturated carbocycles. The number of nitrogens with zero attached hydrogens (tertiary/aromatic N) is 4. The fourth-order valence-corrected chi connectivity index (χ4v) is 6.14. The average molecular weight is 474 g/mol. The standard InChI is InChI=1S/C21H23N5O4S2/c1-30-17-7-4-14(13-18(17)32(28,29)24-15-5-6-15)20(27)25-9-11-26(12-10-25)21-23-16-3-2-8-22-19(16)31-21/h2-4,7-8,13,15,24H,5-6,9-12H2,1H3. The summed E-state index contributed by atoms with van der Waals surface area (Å²) in [5.41, 5.74) is 1.21. The minimum atomic E-state index is -3.75. The highest BCUT2D eigenvalue weighted by Gasteiger charge is 2.31. The Balaban J connectivity index is 1.31. The first kappa shape index (κ1) is 21.1. The van der Waals surface area contributed by atoms with Crippen LogP contribution in [0, 0.1) is 0 Å². The Morgan fingerprint density at radius 2 is 1.97 bits per heavy atom. The highest BCUT2D eigenvalue weighted by atomic mass is 32.2. The zero-order valence-electron chi connectivity index (χ0n) is 17.5. The first-order valence-electron chi connectivity index (χ1n) is 10.4. The van der Waals surface area contributed by atoms with E-state index in [-0.39, 0.29) is 22.6 Å². The number of nitrogens with one attached hydrogen (secondary N) is 1. The molecule has 0 bridgehead atoms. The maximum absolute atomic E-state index is 13.1. The molecule has 0 unspecified atom stereocenters. The molecule has 1 saturated heterocycles. The van der Waals surface area contributed by atoms with Gasteiger partial charge in [0, 0.05) is 44.0 Å².